The minimum absolute atomic E-state index is 0.256. The summed E-state index contributed by atoms with van der Waals surface area (Å²) in [6.45, 7) is 4.64. The highest BCUT2D eigenvalue weighted by Crippen LogP contribution is 2.10. The van der Waals surface area contributed by atoms with Crippen molar-refractivity contribution in [3.63, 3.8) is 0 Å². The van der Waals surface area contributed by atoms with Crippen molar-refractivity contribution in [2.24, 2.45) is 0 Å². The maximum absolute atomic E-state index is 13.0. The van der Waals surface area contributed by atoms with Crippen LogP contribution in [0.3, 0.4) is 0 Å². The molecule has 1 aromatic carbocycles. The van der Waals surface area contributed by atoms with Gasteiger partial charge in [-0.05, 0) is 17.7 Å². The van der Waals surface area contributed by atoms with Gasteiger partial charge in [0.15, 0.2) is 0 Å². The van der Waals surface area contributed by atoms with E-state index in [1.54, 1.807) is 6.07 Å². The Balaban J connectivity index is 1.98. The van der Waals surface area contributed by atoms with Crippen LogP contribution in [0.4, 0.5) is 4.39 Å². The van der Waals surface area contributed by atoms with Gasteiger partial charge >= 0.3 is 0 Å². The van der Waals surface area contributed by atoms with Gasteiger partial charge in [0.25, 0.3) is 0 Å². The first kappa shape index (κ1) is 12.7. The molecule has 0 saturated heterocycles. The Morgan fingerprint density at radius 3 is 2.78 bits per heavy atom. The van der Waals surface area contributed by atoms with E-state index in [2.05, 4.69) is 15.5 Å². The zero-order chi connectivity index (χ0) is 13.0. The van der Waals surface area contributed by atoms with Gasteiger partial charge in [-0.1, -0.05) is 26.0 Å². The smallest absolute Gasteiger partial charge is 0.230 e. The van der Waals surface area contributed by atoms with E-state index in [1.807, 2.05) is 19.9 Å². The van der Waals surface area contributed by atoms with Gasteiger partial charge in [-0.2, -0.15) is 0 Å². The molecule has 0 unspecified atom stereocenters. The minimum Gasteiger partial charge on any atom is -0.424 e. The van der Waals surface area contributed by atoms with Crippen molar-refractivity contribution in [1.82, 2.24) is 15.5 Å². The van der Waals surface area contributed by atoms with Crippen LogP contribution >= 0.6 is 0 Å². The van der Waals surface area contributed by atoms with Gasteiger partial charge in [-0.3, -0.25) is 0 Å². The third kappa shape index (κ3) is 3.63. The lowest BCUT2D eigenvalue weighted by atomic mass is 10.1. The van der Waals surface area contributed by atoms with Crippen molar-refractivity contribution < 1.29 is 8.81 Å². The van der Waals surface area contributed by atoms with Crippen molar-refractivity contribution in [1.29, 1.82) is 0 Å². The molecule has 1 aromatic heterocycles. The first-order valence-corrected chi connectivity index (χ1v) is 5.92. The molecule has 18 heavy (non-hydrogen) atoms. The molecular formula is C13H16FN3O. The Morgan fingerprint density at radius 2 is 2.06 bits per heavy atom. The average Bonchev–Trinajstić information content (AvgIpc) is 2.74. The Labute approximate surface area is 105 Å². The van der Waals surface area contributed by atoms with Crippen molar-refractivity contribution in [2.75, 3.05) is 0 Å². The third-order valence-corrected chi connectivity index (χ3v) is 2.41. The average molecular weight is 249 g/mol. The van der Waals surface area contributed by atoms with Gasteiger partial charge < -0.3 is 9.73 Å². The quantitative estimate of drug-likeness (QED) is 0.883. The molecule has 0 atom stereocenters. The zero-order valence-electron chi connectivity index (χ0n) is 10.5. The maximum Gasteiger partial charge on any atom is 0.230 e. The summed E-state index contributed by atoms with van der Waals surface area (Å²) < 4.78 is 18.5. The summed E-state index contributed by atoms with van der Waals surface area (Å²) in [4.78, 5) is 0. The Kier molecular flexibility index (Phi) is 4.04. The van der Waals surface area contributed by atoms with E-state index in [9.17, 15) is 4.39 Å². The van der Waals surface area contributed by atoms with Crippen molar-refractivity contribution in [2.45, 2.75) is 32.9 Å². The molecule has 2 rings (SSSR count). The molecule has 0 aliphatic heterocycles. The van der Waals surface area contributed by atoms with Crippen LogP contribution in [0.5, 0.6) is 0 Å². The molecule has 0 aliphatic carbocycles. The van der Waals surface area contributed by atoms with Gasteiger partial charge in [0.2, 0.25) is 11.8 Å². The normalized spacial score (nSPS) is 11.1. The summed E-state index contributed by atoms with van der Waals surface area (Å²) >= 11 is 0. The number of rotatable bonds is 5. The van der Waals surface area contributed by atoms with Crippen LogP contribution in [0.2, 0.25) is 0 Å². The molecular weight excluding hydrogens is 233 g/mol. The van der Waals surface area contributed by atoms with E-state index in [4.69, 9.17) is 4.42 Å². The molecule has 0 amide bonds. The topological polar surface area (TPSA) is 51.0 Å². The second-order valence-corrected chi connectivity index (χ2v) is 4.43. The number of nitrogens with zero attached hydrogens (tertiary/aromatic N) is 2. The lowest BCUT2D eigenvalue weighted by Gasteiger charge is -2.03. The Morgan fingerprint density at radius 1 is 1.28 bits per heavy atom. The van der Waals surface area contributed by atoms with E-state index < -0.39 is 0 Å². The lowest BCUT2D eigenvalue weighted by Crippen LogP contribution is -2.21. The summed E-state index contributed by atoms with van der Waals surface area (Å²) in [6.07, 6.45) is 0.451. The third-order valence-electron chi connectivity index (χ3n) is 2.41. The largest absolute Gasteiger partial charge is 0.424 e. The highest BCUT2D eigenvalue weighted by atomic mass is 19.1. The number of hydrogen-bond donors (Lipinski definition) is 1. The molecule has 0 spiro atoms. The second kappa shape index (κ2) is 5.73. The maximum atomic E-state index is 13.0. The highest BCUT2D eigenvalue weighted by Gasteiger charge is 2.07. The Bertz CT molecular complexity index is 510. The van der Waals surface area contributed by atoms with Crippen LogP contribution in [-0.2, 0) is 13.0 Å². The summed E-state index contributed by atoms with van der Waals surface area (Å²) in [5.41, 5.74) is 0.821. The van der Waals surface area contributed by atoms with E-state index in [0.717, 1.165) is 5.56 Å². The van der Waals surface area contributed by atoms with Crippen LogP contribution < -0.4 is 5.32 Å². The summed E-state index contributed by atoms with van der Waals surface area (Å²) in [6, 6.07) is 6.75. The number of hydrogen-bond acceptors (Lipinski definition) is 4. The van der Waals surface area contributed by atoms with Crippen LogP contribution in [0.25, 0.3) is 0 Å². The molecule has 0 fully saturated rings. The summed E-state index contributed by atoms with van der Waals surface area (Å²) in [5, 5.41) is 11.1. The molecule has 4 nitrogen and oxygen atoms in total. The van der Waals surface area contributed by atoms with E-state index >= 15 is 0 Å². The van der Waals surface area contributed by atoms with Crippen molar-refractivity contribution in [3.8, 4) is 0 Å². The summed E-state index contributed by atoms with van der Waals surface area (Å²) in [7, 11) is 0. The van der Waals surface area contributed by atoms with Crippen LogP contribution in [0, 0.1) is 5.82 Å². The second-order valence-electron chi connectivity index (χ2n) is 4.43. The van der Waals surface area contributed by atoms with Gasteiger partial charge in [0, 0.05) is 6.04 Å². The summed E-state index contributed by atoms with van der Waals surface area (Å²) in [5.74, 6) is 0.796. The molecule has 0 bridgehead atoms. The number of halogens is 1. The van der Waals surface area contributed by atoms with Crippen LogP contribution in [0.15, 0.2) is 28.7 Å². The molecule has 1 N–H and O–H groups in total. The van der Waals surface area contributed by atoms with Gasteiger partial charge in [-0.25, -0.2) is 4.39 Å². The number of benzene rings is 1. The predicted octanol–water partition coefficient (Wildman–Crippen LogP) is 2.30. The monoisotopic (exact) mass is 249 g/mol. The first-order chi connectivity index (χ1) is 8.63. The van der Waals surface area contributed by atoms with Crippen molar-refractivity contribution in [3.05, 3.63) is 47.4 Å². The zero-order valence-corrected chi connectivity index (χ0v) is 10.5. The molecule has 2 aromatic rings. The molecule has 5 heteroatoms. The molecule has 0 saturated carbocycles. The fraction of sp³-hybridized carbons (Fsp3) is 0.385. The lowest BCUT2D eigenvalue weighted by molar-refractivity contribution is 0.427. The molecule has 96 valence electrons. The Hall–Kier alpha value is -1.75. The molecule has 0 aliphatic rings. The van der Waals surface area contributed by atoms with E-state index in [1.165, 1.54) is 12.1 Å². The molecule has 1 heterocycles. The van der Waals surface area contributed by atoms with Crippen molar-refractivity contribution >= 4 is 0 Å². The standard InChI is InChI=1S/C13H16FN3O/c1-9(2)15-8-13-17-16-12(18-13)7-10-4-3-5-11(14)6-10/h3-6,9,15H,7-8H2,1-2H3. The predicted molar refractivity (Wildman–Crippen MR) is 65.5 cm³/mol. The fourth-order valence-corrected chi connectivity index (χ4v) is 1.54. The van der Waals surface area contributed by atoms with Crippen LogP contribution in [0.1, 0.15) is 31.2 Å². The van der Waals surface area contributed by atoms with Gasteiger partial charge in [-0.15, -0.1) is 10.2 Å². The van der Waals surface area contributed by atoms with Gasteiger partial charge in [0.05, 0.1) is 13.0 Å². The highest BCUT2D eigenvalue weighted by molar-refractivity contribution is 5.19. The number of aromatic nitrogens is 2. The first-order valence-electron chi connectivity index (χ1n) is 5.92. The van der Waals surface area contributed by atoms with Crippen LogP contribution in [-0.4, -0.2) is 16.2 Å². The van der Waals surface area contributed by atoms with E-state index in [-0.39, 0.29) is 5.82 Å². The SMILES string of the molecule is CC(C)NCc1nnc(Cc2cccc(F)c2)o1. The number of nitrogens with one attached hydrogen (secondary N) is 1. The molecule has 0 radical (unpaired) electrons. The minimum atomic E-state index is -0.256. The van der Waals surface area contributed by atoms with E-state index in [0.29, 0.717) is 30.8 Å². The van der Waals surface area contributed by atoms with Gasteiger partial charge in [0.1, 0.15) is 5.82 Å². The fourth-order valence-electron chi connectivity index (χ4n) is 1.54.